The SMILES string of the molecule is CCN(CC)C(=O)Cn1c(=O)n(-c2ccc(F)cc2)c(=O)c2oc3ccccc3c21. The van der Waals surface area contributed by atoms with Crippen LogP contribution in [0.3, 0.4) is 0 Å². The first-order valence-electron chi connectivity index (χ1n) is 9.67. The van der Waals surface area contributed by atoms with E-state index in [0.717, 1.165) is 16.7 Å². The number of aromatic nitrogens is 2. The van der Waals surface area contributed by atoms with Crippen LogP contribution in [0.5, 0.6) is 0 Å². The maximum Gasteiger partial charge on any atom is 0.336 e. The molecule has 0 aliphatic carbocycles. The molecule has 0 N–H and O–H groups in total. The summed E-state index contributed by atoms with van der Waals surface area (Å²) in [6.07, 6.45) is 0. The highest BCUT2D eigenvalue weighted by atomic mass is 19.1. The van der Waals surface area contributed by atoms with Crippen molar-refractivity contribution in [1.29, 1.82) is 0 Å². The van der Waals surface area contributed by atoms with E-state index in [1.807, 2.05) is 13.8 Å². The molecule has 1 amide bonds. The van der Waals surface area contributed by atoms with Crippen molar-refractivity contribution in [2.24, 2.45) is 0 Å². The van der Waals surface area contributed by atoms with Crippen molar-refractivity contribution in [2.75, 3.05) is 13.1 Å². The van der Waals surface area contributed by atoms with Gasteiger partial charge in [0.1, 0.15) is 23.5 Å². The van der Waals surface area contributed by atoms with Crippen LogP contribution in [-0.2, 0) is 11.3 Å². The highest BCUT2D eigenvalue weighted by Crippen LogP contribution is 2.26. The summed E-state index contributed by atoms with van der Waals surface area (Å²) in [5, 5.41) is 0.570. The number of para-hydroxylation sites is 1. The van der Waals surface area contributed by atoms with E-state index in [0.29, 0.717) is 24.1 Å². The Morgan fingerprint density at radius 1 is 1.03 bits per heavy atom. The van der Waals surface area contributed by atoms with E-state index in [-0.39, 0.29) is 29.2 Å². The Hall–Kier alpha value is -3.68. The van der Waals surface area contributed by atoms with Gasteiger partial charge in [0.25, 0.3) is 0 Å². The van der Waals surface area contributed by atoms with Gasteiger partial charge in [0, 0.05) is 18.5 Å². The standard InChI is InChI=1S/C22H20FN3O4/c1-3-24(4-2)18(27)13-25-19-16-7-5-6-8-17(16)30-20(19)21(28)26(22(25)29)15-11-9-14(23)10-12-15/h5-12H,3-4,13H2,1-2H3. The van der Waals surface area contributed by atoms with E-state index >= 15 is 0 Å². The molecule has 0 fully saturated rings. The van der Waals surface area contributed by atoms with Crippen LogP contribution < -0.4 is 11.2 Å². The molecule has 8 heteroatoms. The Bertz CT molecular complexity index is 1360. The minimum atomic E-state index is -0.689. The van der Waals surface area contributed by atoms with Gasteiger partial charge in [0.15, 0.2) is 0 Å². The molecule has 30 heavy (non-hydrogen) atoms. The molecule has 0 saturated heterocycles. The molecule has 0 bridgehead atoms. The minimum absolute atomic E-state index is 0.0347. The van der Waals surface area contributed by atoms with E-state index in [1.54, 1.807) is 29.2 Å². The number of fused-ring (bicyclic) bond motifs is 3. The third-order valence-electron chi connectivity index (χ3n) is 5.15. The number of carbonyl (C=O) groups is 1. The molecule has 0 atom stereocenters. The quantitative estimate of drug-likeness (QED) is 0.508. The van der Waals surface area contributed by atoms with Crippen LogP contribution in [0.25, 0.3) is 27.8 Å². The van der Waals surface area contributed by atoms with Crippen molar-refractivity contribution in [3.63, 3.8) is 0 Å². The lowest BCUT2D eigenvalue weighted by atomic mass is 10.2. The van der Waals surface area contributed by atoms with E-state index < -0.39 is 17.1 Å². The summed E-state index contributed by atoms with van der Waals surface area (Å²) in [7, 11) is 0. The maximum atomic E-state index is 13.4. The Kier molecular flexibility index (Phi) is 4.99. The van der Waals surface area contributed by atoms with Crippen LogP contribution in [0.4, 0.5) is 4.39 Å². The molecule has 154 valence electrons. The summed E-state index contributed by atoms with van der Waals surface area (Å²) in [4.78, 5) is 41.0. The summed E-state index contributed by atoms with van der Waals surface area (Å²) < 4.78 is 21.3. The highest BCUT2D eigenvalue weighted by molar-refractivity contribution is 6.02. The Morgan fingerprint density at radius 3 is 2.37 bits per heavy atom. The second kappa shape index (κ2) is 7.62. The summed E-state index contributed by atoms with van der Waals surface area (Å²) in [5.74, 6) is -0.744. The van der Waals surface area contributed by atoms with Crippen molar-refractivity contribution in [3.05, 3.63) is 75.2 Å². The molecule has 7 nitrogen and oxygen atoms in total. The zero-order valence-electron chi connectivity index (χ0n) is 16.6. The number of carbonyl (C=O) groups excluding carboxylic acids is 1. The molecule has 2 heterocycles. The van der Waals surface area contributed by atoms with Gasteiger partial charge < -0.3 is 9.32 Å². The first kappa shape index (κ1) is 19.6. The predicted molar refractivity (Wildman–Crippen MR) is 111 cm³/mol. The first-order valence-corrected chi connectivity index (χ1v) is 9.67. The van der Waals surface area contributed by atoms with E-state index in [2.05, 4.69) is 0 Å². The van der Waals surface area contributed by atoms with Crippen LogP contribution >= 0.6 is 0 Å². The van der Waals surface area contributed by atoms with Crippen LogP contribution in [0.15, 0.2) is 62.5 Å². The molecule has 0 aliphatic rings. The monoisotopic (exact) mass is 409 g/mol. The Balaban J connectivity index is 2.06. The predicted octanol–water partition coefficient (Wildman–Crippen LogP) is 2.91. The maximum absolute atomic E-state index is 13.4. The lowest BCUT2D eigenvalue weighted by molar-refractivity contribution is -0.131. The molecule has 0 unspecified atom stereocenters. The van der Waals surface area contributed by atoms with Crippen LogP contribution in [0.1, 0.15) is 13.8 Å². The number of furan rings is 1. The summed E-state index contributed by atoms with van der Waals surface area (Å²) in [5.41, 5.74) is -0.481. The van der Waals surface area contributed by atoms with Gasteiger partial charge in [-0.2, -0.15) is 0 Å². The molecule has 0 aliphatic heterocycles. The van der Waals surface area contributed by atoms with Crippen molar-refractivity contribution < 1.29 is 13.6 Å². The first-order chi connectivity index (χ1) is 14.5. The Morgan fingerprint density at radius 2 is 1.70 bits per heavy atom. The number of likely N-dealkylation sites (N-methyl/N-ethyl adjacent to an activating group) is 1. The van der Waals surface area contributed by atoms with Crippen molar-refractivity contribution in [1.82, 2.24) is 14.0 Å². The smallest absolute Gasteiger partial charge is 0.336 e. The number of amides is 1. The molecule has 4 rings (SSSR count). The minimum Gasteiger partial charge on any atom is -0.449 e. The fraction of sp³-hybridized carbons (Fsp3) is 0.227. The lowest BCUT2D eigenvalue weighted by Crippen LogP contribution is -2.42. The number of rotatable bonds is 5. The van der Waals surface area contributed by atoms with Crippen molar-refractivity contribution in [2.45, 2.75) is 20.4 Å². The zero-order valence-corrected chi connectivity index (χ0v) is 16.6. The number of hydrogen-bond acceptors (Lipinski definition) is 4. The van der Waals surface area contributed by atoms with Crippen LogP contribution in [0, 0.1) is 5.82 Å². The van der Waals surface area contributed by atoms with Gasteiger partial charge in [-0.1, -0.05) is 12.1 Å². The van der Waals surface area contributed by atoms with Gasteiger partial charge in [0.2, 0.25) is 11.5 Å². The second-order valence-corrected chi connectivity index (χ2v) is 6.83. The van der Waals surface area contributed by atoms with E-state index in [4.69, 9.17) is 4.42 Å². The highest BCUT2D eigenvalue weighted by Gasteiger charge is 2.23. The van der Waals surface area contributed by atoms with Gasteiger partial charge in [0.05, 0.1) is 5.69 Å². The second-order valence-electron chi connectivity index (χ2n) is 6.83. The van der Waals surface area contributed by atoms with Crippen molar-refractivity contribution in [3.8, 4) is 5.69 Å². The molecule has 2 aromatic heterocycles. The molecule has 4 aromatic rings. The molecule has 0 spiro atoms. The van der Waals surface area contributed by atoms with Gasteiger partial charge >= 0.3 is 11.2 Å². The summed E-state index contributed by atoms with van der Waals surface area (Å²) in [6.45, 7) is 4.45. The topological polar surface area (TPSA) is 77.5 Å². The van der Waals surface area contributed by atoms with Gasteiger partial charge in [-0.15, -0.1) is 0 Å². The van der Waals surface area contributed by atoms with E-state index in [1.165, 1.54) is 16.7 Å². The molecular formula is C22H20FN3O4. The number of halogens is 1. The average molecular weight is 409 g/mol. The lowest BCUT2D eigenvalue weighted by Gasteiger charge is -2.20. The molecule has 0 radical (unpaired) electrons. The summed E-state index contributed by atoms with van der Waals surface area (Å²) in [6, 6.07) is 12.0. The largest absolute Gasteiger partial charge is 0.449 e. The average Bonchev–Trinajstić information content (AvgIpc) is 3.13. The third kappa shape index (κ3) is 3.10. The van der Waals surface area contributed by atoms with Gasteiger partial charge in [-0.3, -0.25) is 14.2 Å². The van der Waals surface area contributed by atoms with Gasteiger partial charge in [-0.25, -0.2) is 13.8 Å². The summed E-state index contributed by atoms with van der Waals surface area (Å²) >= 11 is 0. The zero-order chi connectivity index (χ0) is 21.4. The third-order valence-corrected chi connectivity index (χ3v) is 5.15. The number of benzene rings is 2. The Labute approximate surface area is 170 Å². The fourth-order valence-corrected chi connectivity index (χ4v) is 3.63. The number of nitrogens with zero attached hydrogens (tertiary/aromatic N) is 3. The molecule has 0 saturated carbocycles. The van der Waals surface area contributed by atoms with Crippen LogP contribution in [-0.4, -0.2) is 33.0 Å². The van der Waals surface area contributed by atoms with Crippen LogP contribution in [0.2, 0.25) is 0 Å². The van der Waals surface area contributed by atoms with E-state index in [9.17, 15) is 18.8 Å². The van der Waals surface area contributed by atoms with Crippen molar-refractivity contribution >= 4 is 28.0 Å². The van der Waals surface area contributed by atoms with Gasteiger partial charge in [-0.05, 0) is 50.2 Å². The fourth-order valence-electron chi connectivity index (χ4n) is 3.63. The normalized spacial score (nSPS) is 11.3. The molecule has 2 aromatic carbocycles. The molecular weight excluding hydrogens is 389 g/mol. The number of hydrogen-bond donors (Lipinski definition) is 0.